The van der Waals surface area contributed by atoms with Crippen molar-refractivity contribution in [2.24, 2.45) is 0 Å². The molecule has 0 aliphatic carbocycles. The number of amides is 1. The van der Waals surface area contributed by atoms with Crippen LogP contribution in [0.25, 0.3) is 0 Å². The van der Waals surface area contributed by atoms with Crippen LogP contribution >= 0.6 is 11.6 Å². The molecule has 0 atom stereocenters. The van der Waals surface area contributed by atoms with Crippen LogP contribution < -0.4 is 5.32 Å². The summed E-state index contributed by atoms with van der Waals surface area (Å²) in [6, 6.07) is 5.01. The molecule has 0 radical (unpaired) electrons. The highest BCUT2D eigenvalue weighted by Gasteiger charge is 2.38. The molecule has 0 fully saturated rings. The Morgan fingerprint density at radius 1 is 1.40 bits per heavy atom. The molecule has 1 aliphatic rings. The Bertz CT molecular complexity index is 466. The number of carbonyl (C=O) groups excluding carboxylic acids is 2. The number of fused-ring (bicyclic) bond motifs is 1. The van der Waals surface area contributed by atoms with Crippen molar-refractivity contribution in [3.63, 3.8) is 0 Å². The third-order valence-corrected chi connectivity index (χ3v) is 2.95. The zero-order valence-corrected chi connectivity index (χ0v) is 9.18. The van der Waals surface area contributed by atoms with E-state index in [9.17, 15) is 9.59 Å². The first kappa shape index (κ1) is 10.2. The fourth-order valence-electron chi connectivity index (χ4n) is 1.72. The first-order valence-corrected chi connectivity index (χ1v) is 4.96. The highest BCUT2D eigenvalue weighted by molar-refractivity contribution is 6.67. The quantitative estimate of drug-likeness (QED) is 0.743. The molecule has 2 rings (SSSR count). The van der Waals surface area contributed by atoms with Gasteiger partial charge in [-0.15, -0.1) is 0 Å². The van der Waals surface area contributed by atoms with Gasteiger partial charge in [0.25, 0.3) is 5.24 Å². The van der Waals surface area contributed by atoms with Crippen molar-refractivity contribution in [3.05, 3.63) is 29.3 Å². The Kier molecular flexibility index (Phi) is 2.08. The molecule has 3 nitrogen and oxygen atoms in total. The van der Waals surface area contributed by atoms with Gasteiger partial charge in [0.15, 0.2) is 0 Å². The fraction of sp³-hybridized carbons (Fsp3) is 0.273. The Hall–Kier alpha value is -1.35. The molecule has 1 aliphatic heterocycles. The maximum atomic E-state index is 11.6. The molecule has 1 aromatic carbocycles. The number of benzene rings is 1. The van der Waals surface area contributed by atoms with Gasteiger partial charge in [-0.2, -0.15) is 0 Å². The van der Waals surface area contributed by atoms with Crippen LogP contribution in [0.3, 0.4) is 0 Å². The van der Waals surface area contributed by atoms with Crippen LogP contribution in [-0.4, -0.2) is 11.1 Å². The third kappa shape index (κ3) is 1.43. The molecule has 0 saturated carbocycles. The number of carbonyl (C=O) groups is 2. The summed E-state index contributed by atoms with van der Waals surface area (Å²) >= 11 is 5.36. The topological polar surface area (TPSA) is 46.2 Å². The van der Waals surface area contributed by atoms with Crippen molar-refractivity contribution in [3.8, 4) is 0 Å². The lowest BCUT2D eigenvalue weighted by molar-refractivity contribution is -0.119. The third-order valence-electron chi connectivity index (χ3n) is 2.74. The summed E-state index contributed by atoms with van der Waals surface area (Å²) in [7, 11) is 0. The van der Waals surface area contributed by atoms with Crippen molar-refractivity contribution in [2.75, 3.05) is 5.32 Å². The second-order valence-corrected chi connectivity index (χ2v) is 4.46. The molecule has 1 heterocycles. The maximum absolute atomic E-state index is 11.6. The maximum Gasteiger partial charge on any atom is 0.252 e. The van der Waals surface area contributed by atoms with Crippen molar-refractivity contribution in [2.45, 2.75) is 19.3 Å². The lowest BCUT2D eigenvalue weighted by Crippen LogP contribution is -2.26. The van der Waals surface area contributed by atoms with Gasteiger partial charge in [-0.1, -0.05) is 6.07 Å². The van der Waals surface area contributed by atoms with Gasteiger partial charge in [0.05, 0.1) is 5.41 Å². The van der Waals surface area contributed by atoms with Crippen molar-refractivity contribution in [1.29, 1.82) is 0 Å². The summed E-state index contributed by atoms with van der Waals surface area (Å²) in [5.74, 6) is -0.0586. The second-order valence-electron chi connectivity index (χ2n) is 4.11. The van der Waals surface area contributed by atoms with E-state index in [1.54, 1.807) is 18.2 Å². The molecule has 78 valence electrons. The van der Waals surface area contributed by atoms with E-state index in [0.717, 1.165) is 5.56 Å². The Morgan fingerprint density at radius 2 is 2.07 bits per heavy atom. The Morgan fingerprint density at radius 3 is 2.67 bits per heavy atom. The zero-order chi connectivity index (χ0) is 11.2. The highest BCUT2D eigenvalue weighted by atomic mass is 35.5. The first-order chi connectivity index (χ1) is 6.93. The second kappa shape index (κ2) is 3.07. The van der Waals surface area contributed by atoms with E-state index >= 15 is 0 Å². The minimum absolute atomic E-state index is 0.0586. The minimum Gasteiger partial charge on any atom is -0.325 e. The molecule has 0 aromatic heterocycles. The van der Waals surface area contributed by atoms with Gasteiger partial charge in [0.2, 0.25) is 5.91 Å². The molecule has 0 bridgehead atoms. The summed E-state index contributed by atoms with van der Waals surface area (Å²) in [6.07, 6.45) is 0. The van der Waals surface area contributed by atoms with E-state index in [0.29, 0.717) is 11.3 Å². The average Bonchev–Trinajstić information content (AvgIpc) is 2.38. The monoisotopic (exact) mass is 223 g/mol. The molecular formula is C11H10ClNO2. The molecular weight excluding hydrogens is 214 g/mol. The van der Waals surface area contributed by atoms with Crippen LogP contribution in [-0.2, 0) is 10.2 Å². The van der Waals surface area contributed by atoms with E-state index in [4.69, 9.17) is 11.6 Å². The summed E-state index contributed by atoms with van der Waals surface area (Å²) in [5.41, 5.74) is 1.43. The highest BCUT2D eigenvalue weighted by Crippen LogP contribution is 2.37. The first-order valence-electron chi connectivity index (χ1n) is 4.59. The zero-order valence-electron chi connectivity index (χ0n) is 8.43. The van der Waals surface area contributed by atoms with Crippen molar-refractivity contribution in [1.82, 2.24) is 0 Å². The number of rotatable bonds is 1. The Balaban J connectivity index is 2.56. The van der Waals surface area contributed by atoms with E-state index in [1.165, 1.54) is 0 Å². The van der Waals surface area contributed by atoms with Gasteiger partial charge in [-0.25, -0.2) is 0 Å². The van der Waals surface area contributed by atoms with Gasteiger partial charge < -0.3 is 5.32 Å². The SMILES string of the molecule is CC1(C)C(=O)Nc2cc(C(=O)Cl)ccc21. The summed E-state index contributed by atoms with van der Waals surface area (Å²) in [5, 5.41) is 2.22. The standard InChI is InChI=1S/C11H10ClNO2/c1-11(2)7-4-3-6(9(12)14)5-8(7)13-10(11)15/h3-5H,1-2H3,(H,13,15). The summed E-state index contributed by atoms with van der Waals surface area (Å²) in [4.78, 5) is 22.5. The van der Waals surface area contributed by atoms with Gasteiger partial charge in [0, 0.05) is 11.3 Å². The lowest BCUT2D eigenvalue weighted by atomic mass is 9.86. The van der Waals surface area contributed by atoms with Gasteiger partial charge in [-0.3, -0.25) is 9.59 Å². The van der Waals surface area contributed by atoms with Gasteiger partial charge in [0.1, 0.15) is 0 Å². The predicted molar refractivity (Wildman–Crippen MR) is 58.3 cm³/mol. The fourth-order valence-corrected chi connectivity index (χ4v) is 1.83. The molecule has 15 heavy (non-hydrogen) atoms. The summed E-state index contributed by atoms with van der Waals surface area (Å²) in [6.45, 7) is 3.69. The number of hydrogen-bond acceptors (Lipinski definition) is 2. The number of nitrogens with one attached hydrogen (secondary N) is 1. The van der Waals surface area contributed by atoms with E-state index < -0.39 is 10.7 Å². The van der Waals surface area contributed by atoms with Crippen LogP contribution in [0.1, 0.15) is 29.8 Å². The van der Waals surface area contributed by atoms with Crippen molar-refractivity contribution < 1.29 is 9.59 Å². The molecule has 0 spiro atoms. The Labute approximate surface area is 92.4 Å². The van der Waals surface area contributed by atoms with Gasteiger partial charge in [-0.05, 0) is 43.1 Å². The number of anilines is 1. The number of halogens is 1. The van der Waals surface area contributed by atoms with E-state index in [1.807, 2.05) is 13.8 Å². The van der Waals surface area contributed by atoms with Crippen LogP contribution in [0, 0.1) is 0 Å². The molecule has 0 unspecified atom stereocenters. The molecule has 0 saturated heterocycles. The van der Waals surface area contributed by atoms with E-state index in [2.05, 4.69) is 5.32 Å². The van der Waals surface area contributed by atoms with Crippen molar-refractivity contribution >= 4 is 28.4 Å². The number of hydrogen-bond donors (Lipinski definition) is 1. The van der Waals surface area contributed by atoms with Crippen LogP contribution in [0.4, 0.5) is 5.69 Å². The normalized spacial score (nSPS) is 17.1. The minimum atomic E-state index is -0.538. The smallest absolute Gasteiger partial charge is 0.252 e. The van der Waals surface area contributed by atoms with E-state index in [-0.39, 0.29) is 5.91 Å². The average molecular weight is 224 g/mol. The predicted octanol–water partition coefficient (Wildman–Crippen LogP) is 2.30. The molecule has 4 heteroatoms. The van der Waals surface area contributed by atoms with Gasteiger partial charge >= 0.3 is 0 Å². The van der Waals surface area contributed by atoms with Crippen LogP contribution in [0.15, 0.2) is 18.2 Å². The largest absolute Gasteiger partial charge is 0.325 e. The molecule has 1 amide bonds. The van der Waals surface area contributed by atoms with Crippen LogP contribution in [0.5, 0.6) is 0 Å². The molecule has 1 N–H and O–H groups in total. The molecule has 1 aromatic rings. The lowest BCUT2D eigenvalue weighted by Gasteiger charge is -2.14. The summed E-state index contributed by atoms with van der Waals surface area (Å²) < 4.78 is 0. The van der Waals surface area contributed by atoms with Crippen LogP contribution in [0.2, 0.25) is 0 Å².